The van der Waals surface area contributed by atoms with Gasteiger partial charge in [-0.05, 0) is 12.1 Å². The molecule has 1 aromatic carbocycles. The molecule has 0 bridgehead atoms. The quantitative estimate of drug-likeness (QED) is 0.330. The SMILES string of the molecule is NNC(=O)NN=Cc1ccc(-c2ccccc2)o1. The Kier molecular flexibility index (Phi) is 3.72. The zero-order valence-corrected chi connectivity index (χ0v) is 9.46. The molecule has 6 heteroatoms. The average molecular weight is 244 g/mol. The van der Waals surface area contributed by atoms with E-state index in [0.29, 0.717) is 5.76 Å². The lowest BCUT2D eigenvalue weighted by Gasteiger charge is -1.95. The van der Waals surface area contributed by atoms with Crippen LogP contribution in [0.5, 0.6) is 0 Å². The maximum absolute atomic E-state index is 10.7. The van der Waals surface area contributed by atoms with Gasteiger partial charge in [-0.15, -0.1) is 0 Å². The van der Waals surface area contributed by atoms with Crippen LogP contribution >= 0.6 is 0 Å². The Labute approximate surface area is 103 Å². The first-order valence-corrected chi connectivity index (χ1v) is 5.24. The first-order chi connectivity index (χ1) is 8.79. The average Bonchev–Trinajstić information content (AvgIpc) is 2.88. The lowest BCUT2D eigenvalue weighted by molar-refractivity contribution is 0.241. The Morgan fingerprint density at radius 1 is 1.22 bits per heavy atom. The predicted octanol–water partition coefficient (Wildman–Crippen LogP) is 1.45. The molecule has 1 heterocycles. The summed E-state index contributed by atoms with van der Waals surface area (Å²) in [4.78, 5) is 10.7. The fourth-order valence-electron chi connectivity index (χ4n) is 1.37. The zero-order chi connectivity index (χ0) is 12.8. The van der Waals surface area contributed by atoms with E-state index < -0.39 is 6.03 Å². The number of urea groups is 1. The number of nitrogens with two attached hydrogens (primary N) is 1. The van der Waals surface area contributed by atoms with Gasteiger partial charge in [0.15, 0.2) is 0 Å². The van der Waals surface area contributed by atoms with Crippen molar-refractivity contribution in [1.82, 2.24) is 10.9 Å². The summed E-state index contributed by atoms with van der Waals surface area (Å²) in [6.45, 7) is 0. The van der Waals surface area contributed by atoms with Gasteiger partial charge in [0.05, 0.1) is 6.21 Å². The highest BCUT2D eigenvalue weighted by atomic mass is 16.3. The van der Waals surface area contributed by atoms with Crippen LogP contribution in [-0.4, -0.2) is 12.2 Å². The molecule has 2 amide bonds. The van der Waals surface area contributed by atoms with Gasteiger partial charge >= 0.3 is 6.03 Å². The van der Waals surface area contributed by atoms with Crippen LogP contribution in [0.4, 0.5) is 4.79 Å². The van der Waals surface area contributed by atoms with Gasteiger partial charge in [-0.2, -0.15) is 5.10 Å². The van der Waals surface area contributed by atoms with Crippen molar-refractivity contribution in [3.05, 3.63) is 48.2 Å². The normalized spacial score (nSPS) is 10.5. The van der Waals surface area contributed by atoms with Crippen LogP contribution < -0.4 is 16.7 Å². The summed E-state index contributed by atoms with van der Waals surface area (Å²) in [5.41, 5.74) is 5.03. The molecular formula is C12H12N4O2. The fourth-order valence-corrected chi connectivity index (χ4v) is 1.37. The van der Waals surface area contributed by atoms with E-state index in [9.17, 15) is 4.79 Å². The number of amides is 2. The second-order valence-corrected chi connectivity index (χ2v) is 3.41. The standard InChI is InChI=1S/C12H12N4O2/c13-15-12(17)16-14-8-10-6-7-11(18-10)9-4-2-1-3-5-9/h1-8H,13H2,(H2,15,16,17). The molecule has 0 aliphatic rings. The van der Waals surface area contributed by atoms with E-state index >= 15 is 0 Å². The molecule has 0 saturated carbocycles. The number of nitrogens with one attached hydrogen (secondary N) is 2. The molecule has 0 fully saturated rings. The highest BCUT2D eigenvalue weighted by molar-refractivity contribution is 5.80. The number of hydrogen-bond donors (Lipinski definition) is 3. The Hall–Kier alpha value is -2.60. The van der Waals surface area contributed by atoms with Crippen molar-refractivity contribution >= 4 is 12.2 Å². The molecule has 0 radical (unpaired) electrons. The van der Waals surface area contributed by atoms with Crippen LogP contribution in [0.1, 0.15) is 5.76 Å². The number of nitrogens with zero attached hydrogens (tertiary/aromatic N) is 1. The lowest BCUT2D eigenvalue weighted by atomic mass is 10.2. The second-order valence-electron chi connectivity index (χ2n) is 3.41. The number of benzene rings is 1. The van der Waals surface area contributed by atoms with Gasteiger partial charge in [-0.25, -0.2) is 16.1 Å². The monoisotopic (exact) mass is 244 g/mol. The van der Waals surface area contributed by atoms with Crippen molar-refractivity contribution in [2.45, 2.75) is 0 Å². The van der Waals surface area contributed by atoms with Gasteiger partial charge < -0.3 is 4.42 Å². The van der Waals surface area contributed by atoms with Crippen molar-refractivity contribution in [2.24, 2.45) is 10.9 Å². The van der Waals surface area contributed by atoms with Gasteiger partial charge in [0.2, 0.25) is 0 Å². The summed E-state index contributed by atoms with van der Waals surface area (Å²) in [6, 6.07) is 12.7. The van der Waals surface area contributed by atoms with Gasteiger partial charge in [-0.3, -0.25) is 5.43 Å². The van der Waals surface area contributed by atoms with Crippen molar-refractivity contribution in [3.8, 4) is 11.3 Å². The van der Waals surface area contributed by atoms with E-state index in [1.807, 2.05) is 41.8 Å². The van der Waals surface area contributed by atoms with E-state index in [2.05, 4.69) is 10.5 Å². The second kappa shape index (κ2) is 5.65. The Morgan fingerprint density at radius 3 is 2.72 bits per heavy atom. The summed E-state index contributed by atoms with van der Waals surface area (Å²) >= 11 is 0. The van der Waals surface area contributed by atoms with E-state index in [-0.39, 0.29) is 0 Å². The van der Waals surface area contributed by atoms with Crippen molar-refractivity contribution in [1.29, 1.82) is 0 Å². The molecule has 0 aliphatic heterocycles. The van der Waals surface area contributed by atoms with Gasteiger partial charge in [0.25, 0.3) is 0 Å². The number of rotatable bonds is 3. The molecule has 0 saturated heterocycles. The summed E-state index contributed by atoms with van der Waals surface area (Å²) in [7, 11) is 0. The molecule has 0 spiro atoms. The minimum atomic E-state index is -0.596. The lowest BCUT2D eigenvalue weighted by Crippen LogP contribution is -2.37. The van der Waals surface area contributed by atoms with Crippen LogP contribution in [0.2, 0.25) is 0 Å². The van der Waals surface area contributed by atoms with E-state index in [1.54, 1.807) is 6.07 Å². The van der Waals surface area contributed by atoms with Crippen LogP contribution in [-0.2, 0) is 0 Å². The number of hydrazone groups is 1. The Balaban J connectivity index is 2.05. The molecule has 2 rings (SSSR count). The molecule has 18 heavy (non-hydrogen) atoms. The van der Waals surface area contributed by atoms with Crippen LogP contribution in [0.15, 0.2) is 52.0 Å². The van der Waals surface area contributed by atoms with Crippen molar-refractivity contribution < 1.29 is 9.21 Å². The molecule has 0 aliphatic carbocycles. The minimum Gasteiger partial charge on any atom is -0.455 e. The van der Waals surface area contributed by atoms with Gasteiger partial charge in [0.1, 0.15) is 11.5 Å². The first kappa shape index (κ1) is 11.9. The highest BCUT2D eigenvalue weighted by Gasteiger charge is 2.02. The molecule has 1 aromatic heterocycles. The molecule has 2 aromatic rings. The third-order valence-corrected chi connectivity index (χ3v) is 2.17. The third-order valence-electron chi connectivity index (χ3n) is 2.17. The van der Waals surface area contributed by atoms with E-state index in [0.717, 1.165) is 11.3 Å². The number of carbonyl (C=O) groups is 1. The molecule has 0 unspecified atom stereocenters. The smallest absolute Gasteiger partial charge is 0.349 e. The van der Waals surface area contributed by atoms with E-state index in [1.165, 1.54) is 6.21 Å². The summed E-state index contributed by atoms with van der Waals surface area (Å²) < 4.78 is 5.53. The topological polar surface area (TPSA) is 92.6 Å². The van der Waals surface area contributed by atoms with Crippen LogP contribution in [0, 0.1) is 0 Å². The Morgan fingerprint density at radius 2 is 2.00 bits per heavy atom. The fraction of sp³-hybridized carbons (Fsp3) is 0. The number of carbonyl (C=O) groups excluding carboxylic acids is 1. The summed E-state index contributed by atoms with van der Waals surface area (Å²) in [5, 5.41) is 3.66. The number of hydrogen-bond acceptors (Lipinski definition) is 4. The summed E-state index contributed by atoms with van der Waals surface area (Å²) in [5.74, 6) is 6.14. The molecule has 92 valence electrons. The number of hydrazine groups is 1. The number of furan rings is 1. The van der Waals surface area contributed by atoms with Gasteiger partial charge in [-0.1, -0.05) is 30.3 Å². The Bertz CT molecular complexity index is 548. The van der Waals surface area contributed by atoms with Crippen LogP contribution in [0.3, 0.4) is 0 Å². The third kappa shape index (κ3) is 2.96. The first-order valence-electron chi connectivity index (χ1n) is 5.24. The molecule has 0 atom stereocenters. The molecular weight excluding hydrogens is 232 g/mol. The van der Waals surface area contributed by atoms with E-state index in [4.69, 9.17) is 10.3 Å². The molecule has 4 N–H and O–H groups in total. The van der Waals surface area contributed by atoms with Gasteiger partial charge in [0, 0.05) is 5.56 Å². The predicted molar refractivity (Wildman–Crippen MR) is 67.6 cm³/mol. The maximum atomic E-state index is 10.7. The summed E-state index contributed by atoms with van der Waals surface area (Å²) in [6.07, 6.45) is 1.39. The maximum Gasteiger partial charge on any atom is 0.349 e. The van der Waals surface area contributed by atoms with Crippen molar-refractivity contribution in [2.75, 3.05) is 0 Å². The van der Waals surface area contributed by atoms with Crippen LogP contribution in [0.25, 0.3) is 11.3 Å². The van der Waals surface area contributed by atoms with Crippen molar-refractivity contribution in [3.63, 3.8) is 0 Å². The molecule has 6 nitrogen and oxygen atoms in total. The highest BCUT2D eigenvalue weighted by Crippen LogP contribution is 2.20. The largest absolute Gasteiger partial charge is 0.455 e. The zero-order valence-electron chi connectivity index (χ0n) is 9.46. The minimum absolute atomic E-state index is 0.533.